The third kappa shape index (κ3) is 3.04. The fourth-order valence-corrected chi connectivity index (χ4v) is 2.36. The lowest BCUT2D eigenvalue weighted by Crippen LogP contribution is -2.19. The van der Waals surface area contributed by atoms with Crippen LogP contribution in [0.25, 0.3) is 0 Å². The van der Waals surface area contributed by atoms with Gasteiger partial charge in [0, 0.05) is 39.0 Å². The molecule has 0 unspecified atom stereocenters. The Morgan fingerprint density at radius 1 is 1.24 bits per heavy atom. The predicted octanol–water partition coefficient (Wildman–Crippen LogP) is 2.43. The molecule has 2 rings (SSSR count). The zero-order valence-electron chi connectivity index (χ0n) is 12.0. The molecule has 0 bridgehead atoms. The second kappa shape index (κ2) is 6.11. The fourth-order valence-electron chi connectivity index (χ4n) is 2.36. The van der Waals surface area contributed by atoms with Gasteiger partial charge in [-0.1, -0.05) is 12.1 Å². The van der Waals surface area contributed by atoms with Gasteiger partial charge in [-0.05, 0) is 17.7 Å². The van der Waals surface area contributed by atoms with E-state index in [1.54, 1.807) is 18.2 Å². The molecule has 1 heterocycles. The molecule has 0 radical (unpaired) electrons. The summed E-state index contributed by atoms with van der Waals surface area (Å²) in [6, 6.07) is 10.4. The topological polar surface area (TPSA) is 54.1 Å². The van der Waals surface area contributed by atoms with E-state index in [1.807, 2.05) is 42.2 Å². The van der Waals surface area contributed by atoms with E-state index in [9.17, 15) is 4.39 Å². The second-order valence-corrected chi connectivity index (χ2v) is 5.00. The van der Waals surface area contributed by atoms with Crippen LogP contribution in [0, 0.1) is 28.5 Å². The van der Waals surface area contributed by atoms with Crippen molar-refractivity contribution < 1.29 is 4.39 Å². The molecule has 4 nitrogen and oxygen atoms in total. The van der Waals surface area contributed by atoms with Crippen molar-refractivity contribution in [2.24, 2.45) is 0 Å². The summed E-state index contributed by atoms with van der Waals surface area (Å²) >= 11 is 0. The molecule has 0 aromatic heterocycles. The first-order chi connectivity index (χ1) is 10.1. The van der Waals surface area contributed by atoms with Crippen LogP contribution in [0.4, 0.5) is 10.1 Å². The Bertz CT molecular complexity index is 673. The third-order valence-corrected chi connectivity index (χ3v) is 3.23. The molecule has 0 amide bonds. The van der Waals surface area contributed by atoms with E-state index < -0.39 is 0 Å². The molecule has 0 saturated carbocycles. The molecule has 1 saturated heterocycles. The molecule has 1 aliphatic heterocycles. The lowest BCUT2D eigenvalue weighted by molar-refractivity contribution is 0.559. The van der Waals surface area contributed by atoms with Crippen LogP contribution in [0.1, 0.15) is 0 Å². The Labute approximate surface area is 123 Å². The maximum Gasteiger partial charge on any atom is 0.146 e. The van der Waals surface area contributed by atoms with Crippen LogP contribution >= 0.6 is 0 Å². The zero-order valence-corrected chi connectivity index (χ0v) is 12.0. The number of rotatable bonds is 2. The van der Waals surface area contributed by atoms with E-state index in [0.29, 0.717) is 24.4 Å². The molecule has 5 heteroatoms. The average molecular weight is 282 g/mol. The number of benzene rings is 1. The van der Waals surface area contributed by atoms with Crippen LogP contribution in [0.2, 0.25) is 0 Å². The zero-order chi connectivity index (χ0) is 15.4. The Morgan fingerprint density at radius 2 is 1.90 bits per heavy atom. The molecule has 21 heavy (non-hydrogen) atoms. The minimum Gasteiger partial charge on any atom is -0.383 e. The van der Waals surface area contributed by atoms with Crippen molar-refractivity contribution in [2.45, 2.75) is 0 Å². The van der Waals surface area contributed by atoms with Gasteiger partial charge in [0.25, 0.3) is 0 Å². The molecule has 1 fully saturated rings. The van der Waals surface area contributed by atoms with Crippen molar-refractivity contribution >= 4 is 5.69 Å². The quantitative estimate of drug-likeness (QED) is 0.782. The van der Waals surface area contributed by atoms with Crippen molar-refractivity contribution in [1.29, 1.82) is 10.5 Å². The van der Waals surface area contributed by atoms with Gasteiger partial charge in [0.2, 0.25) is 0 Å². The number of nitriles is 2. The summed E-state index contributed by atoms with van der Waals surface area (Å²) < 4.78 is 13.9. The van der Waals surface area contributed by atoms with Gasteiger partial charge in [-0.2, -0.15) is 10.5 Å². The second-order valence-electron chi connectivity index (χ2n) is 5.00. The highest BCUT2D eigenvalue weighted by molar-refractivity contribution is 5.61. The van der Waals surface area contributed by atoms with Crippen LogP contribution in [0.3, 0.4) is 0 Å². The Hall–Kier alpha value is -2.79. The first-order valence-electron chi connectivity index (χ1n) is 6.47. The lowest BCUT2D eigenvalue weighted by atomic mass is 10.1. The van der Waals surface area contributed by atoms with E-state index in [1.165, 1.54) is 6.07 Å². The number of nitrogens with zero attached hydrogens (tertiary/aromatic N) is 4. The summed E-state index contributed by atoms with van der Waals surface area (Å²) in [7, 11) is 3.74. The van der Waals surface area contributed by atoms with Crippen LogP contribution in [0.5, 0.6) is 0 Å². The molecule has 0 aliphatic carbocycles. The average Bonchev–Trinajstić information content (AvgIpc) is 2.84. The van der Waals surface area contributed by atoms with E-state index in [0.717, 1.165) is 5.57 Å². The van der Waals surface area contributed by atoms with Crippen LogP contribution in [-0.2, 0) is 0 Å². The van der Waals surface area contributed by atoms with Crippen LogP contribution in [0.15, 0.2) is 47.2 Å². The minimum atomic E-state index is -0.307. The molecular formula is C16H15FN4. The molecule has 1 aromatic rings. The van der Waals surface area contributed by atoms with Crippen molar-refractivity contribution in [3.63, 3.8) is 0 Å². The molecule has 1 aromatic carbocycles. The molecule has 106 valence electrons. The van der Waals surface area contributed by atoms with Crippen LogP contribution < -0.4 is 4.90 Å². The smallest absolute Gasteiger partial charge is 0.146 e. The fraction of sp³-hybridized carbons (Fsp3) is 0.250. The van der Waals surface area contributed by atoms with Crippen molar-refractivity contribution in [3.05, 3.63) is 53.0 Å². The lowest BCUT2D eigenvalue weighted by Gasteiger charge is -2.17. The summed E-state index contributed by atoms with van der Waals surface area (Å²) in [5, 5.41) is 18.2. The first-order valence-corrected chi connectivity index (χ1v) is 6.47. The van der Waals surface area contributed by atoms with E-state index in [4.69, 9.17) is 10.5 Å². The van der Waals surface area contributed by atoms with E-state index in [2.05, 4.69) is 0 Å². The molecule has 0 atom stereocenters. The summed E-state index contributed by atoms with van der Waals surface area (Å²) in [4.78, 5) is 3.68. The summed E-state index contributed by atoms with van der Waals surface area (Å²) in [5.74, 6) is -0.307. The molecule has 0 spiro atoms. The van der Waals surface area contributed by atoms with Crippen molar-refractivity contribution in [1.82, 2.24) is 4.90 Å². The Kier molecular flexibility index (Phi) is 4.25. The third-order valence-electron chi connectivity index (χ3n) is 3.23. The summed E-state index contributed by atoms with van der Waals surface area (Å²) in [5.41, 5.74) is 2.09. The SMILES string of the molecule is CN(C)C=C1CN(c2ccccc2F)CC1=C(C#N)C#N. The van der Waals surface area contributed by atoms with Gasteiger partial charge in [0.15, 0.2) is 0 Å². The van der Waals surface area contributed by atoms with Gasteiger partial charge in [0.05, 0.1) is 5.69 Å². The molecule has 0 N–H and O–H groups in total. The highest BCUT2D eigenvalue weighted by Gasteiger charge is 2.27. The maximum atomic E-state index is 13.9. The van der Waals surface area contributed by atoms with Crippen molar-refractivity contribution in [3.8, 4) is 12.1 Å². The van der Waals surface area contributed by atoms with Gasteiger partial charge in [-0.15, -0.1) is 0 Å². The van der Waals surface area contributed by atoms with Crippen LogP contribution in [-0.4, -0.2) is 32.1 Å². The molecule has 1 aliphatic rings. The summed E-state index contributed by atoms with van der Waals surface area (Å²) in [6.07, 6.45) is 1.87. The van der Waals surface area contributed by atoms with Gasteiger partial charge in [-0.3, -0.25) is 0 Å². The summed E-state index contributed by atoms with van der Waals surface area (Å²) in [6.45, 7) is 0.832. The number of hydrogen-bond donors (Lipinski definition) is 0. The van der Waals surface area contributed by atoms with Gasteiger partial charge in [0.1, 0.15) is 23.5 Å². The normalized spacial score (nSPS) is 15.8. The van der Waals surface area contributed by atoms with Gasteiger partial charge in [-0.25, -0.2) is 4.39 Å². The standard InChI is InChI=1S/C16H15FN4/c1-20(2)9-13-10-21(11-14(13)12(7-18)8-19)16-6-4-3-5-15(16)17/h3-6,9H,10-11H2,1-2H3. The maximum absolute atomic E-state index is 13.9. The minimum absolute atomic E-state index is 0.0851. The van der Waals surface area contributed by atoms with E-state index >= 15 is 0 Å². The van der Waals surface area contributed by atoms with Gasteiger partial charge < -0.3 is 9.80 Å². The first kappa shape index (κ1) is 14.6. The largest absolute Gasteiger partial charge is 0.383 e. The predicted molar refractivity (Wildman–Crippen MR) is 78.6 cm³/mol. The number of allylic oxidation sites excluding steroid dienone is 1. The number of anilines is 1. The van der Waals surface area contributed by atoms with Gasteiger partial charge >= 0.3 is 0 Å². The highest BCUT2D eigenvalue weighted by atomic mass is 19.1. The number of para-hydroxylation sites is 1. The monoisotopic (exact) mass is 282 g/mol. The Morgan fingerprint density at radius 3 is 2.48 bits per heavy atom. The highest BCUT2D eigenvalue weighted by Crippen LogP contribution is 2.30. The number of halogens is 1. The Balaban J connectivity index is 2.46. The van der Waals surface area contributed by atoms with Crippen molar-refractivity contribution in [2.75, 3.05) is 32.1 Å². The number of hydrogen-bond acceptors (Lipinski definition) is 4. The van der Waals surface area contributed by atoms with E-state index in [-0.39, 0.29) is 11.4 Å². The molecular weight excluding hydrogens is 267 g/mol.